The summed E-state index contributed by atoms with van der Waals surface area (Å²) in [5.74, 6) is 6.08. The molecule has 3 aliphatic carbocycles. The molecule has 0 aromatic carbocycles. The van der Waals surface area contributed by atoms with Crippen molar-refractivity contribution in [3.05, 3.63) is 108 Å². The first-order chi connectivity index (χ1) is 55.0. The van der Waals surface area contributed by atoms with Gasteiger partial charge in [0, 0.05) is 145 Å². The van der Waals surface area contributed by atoms with Gasteiger partial charge in [-0.05, 0) is 171 Å². The van der Waals surface area contributed by atoms with E-state index < -0.39 is 5.95 Å². The largest absolute Gasteiger partial charge is 0.479 e. The average molecular weight is 1520 g/mol. The van der Waals surface area contributed by atoms with E-state index in [0.29, 0.717) is 76.4 Å². The van der Waals surface area contributed by atoms with Gasteiger partial charge in [0.15, 0.2) is 34.9 Å². The van der Waals surface area contributed by atoms with Crippen LogP contribution in [0.15, 0.2) is 96.6 Å². The fraction of sp³-hybridized carbons (Fsp3) is 0.524. The highest BCUT2D eigenvalue weighted by Crippen LogP contribution is 2.43. The molecule has 0 bridgehead atoms. The van der Waals surface area contributed by atoms with Crippen molar-refractivity contribution < 1.29 is 9.13 Å². The number of halogens is 1. The summed E-state index contributed by atoms with van der Waals surface area (Å²) in [5, 5.41) is 42.0. The lowest BCUT2D eigenvalue weighted by Crippen LogP contribution is -2.45. The number of nitrogens with one attached hydrogen (secondary N) is 4. The molecule has 112 heavy (non-hydrogen) atoms. The fourth-order valence-corrected chi connectivity index (χ4v) is 18.8. The molecule has 12 aromatic heterocycles. The average Bonchev–Trinajstić information content (AvgIpc) is 1.58. The van der Waals surface area contributed by atoms with Gasteiger partial charge >= 0.3 is 0 Å². The van der Waals surface area contributed by atoms with Crippen molar-refractivity contribution in [2.45, 2.75) is 193 Å². The molecule has 0 unspecified atom stereocenters. The normalized spacial score (nSPS) is 17.4. The highest BCUT2D eigenvalue weighted by atomic mass is 19.1. The minimum atomic E-state index is -0.459. The number of aromatic amines is 1. The van der Waals surface area contributed by atoms with Crippen LogP contribution < -0.4 is 40.9 Å². The fourth-order valence-electron chi connectivity index (χ4n) is 18.8. The maximum Gasteiger partial charge on any atom is 0.272 e. The van der Waals surface area contributed by atoms with Gasteiger partial charge < -0.3 is 68.8 Å². The van der Waals surface area contributed by atoms with Crippen LogP contribution in [0, 0.1) is 5.95 Å². The Morgan fingerprint density at radius 2 is 0.750 bits per heavy atom. The molecular formula is C82H106FN27O2. The first-order valence-corrected chi connectivity index (χ1v) is 41.2. The second kappa shape index (κ2) is 34.3. The summed E-state index contributed by atoms with van der Waals surface area (Å²) in [5.41, 5.74) is 4.53. The number of nitrogens with zero attached hydrogens (tertiary/aromatic N) is 23. The highest BCUT2D eigenvalue weighted by Gasteiger charge is 2.32. The Morgan fingerprint density at radius 3 is 1.10 bits per heavy atom. The third-order valence-corrected chi connectivity index (χ3v) is 24.6. The zero-order valence-electron chi connectivity index (χ0n) is 65.8. The number of rotatable bonds is 22. The minimum absolute atomic E-state index is 0.0838. The number of ether oxygens (including phenoxy) is 1. The molecule has 3 saturated carbocycles. The van der Waals surface area contributed by atoms with Crippen LogP contribution in [0.4, 0.5) is 57.1 Å². The Bertz CT molecular complexity index is 5210. The zero-order valence-corrected chi connectivity index (χ0v) is 65.8. The standard InChI is InChI=1S/C28H37N9O.C27H34FN9.C27H35N9O/c1-4-35(5-2)19-13-16-36(17-14-19)24-11-10-23(33-34-24)31-28-30-18-22-21-12-15-29-27(38-3)25(21)37(26(22)32-28)20-8-6-7-9-20;1-3-35(4-2)18-12-15-36(16-13-18)23-10-9-22(33-34-23)31-27-30-17-21-20-11-14-29-25(28)24(20)37(26(21)32-27)19-7-5-6-8-19;1-3-34(4-2)18-12-15-35(16-13-18)23-10-9-22(32-33-23)30-27-29-17-21-20-11-14-28-26(37)24(20)36(25(21)31-27)19-7-5-6-8-19/h10-12,15,18-20H,4-9,13-14,16-17H2,1-3H3,(H,30,31,32,33);9-11,14,17-19H,3-8,12-13,15-16H2,1-2H3,(H,30,31,32,33);9-11,14,17-19H,3-8,12-13,15-16H2,1-2H3,(H,28,37)(H,29,30,31,32). The molecule has 3 aliphatic heterocycles. The number of aromatic nitrogens is 18. The summed E-state index contributed by atoms with van der Waals surface area (Å²) in [6.07, 6.45) is 30.8. The van der Waals surface area contributed by atoms with Crippen LogP contribution >= 0.6 is 0 Å². The topological polar surface area (TPSA) is 293 Å². The Morgan fingerprint density at radius 1 is 0.411 bits per heavy atom. The number of H-pyrrole nitrogens is 1. The molecule has 18 rings (SSSR count). The van der Waals surface area contributed by atoms with Crippen molar-refractivity contribution in [3.8, 4) is 5.88 Å². The van der Waals surface area contributed by atoms with Gasteiger partial charge in [-0.3, -0.25) is 4.79 Å². The molecule has 6 aliphatic rings. The lowest BCUT2D eigenvalue weighted by Gasteiger charge is -2.38. The monoisotopic (exact) mass is 1520 g/mol. The molecule has 588 valence electrons. The molecule has 3 saturated heterocycles. The second-order valence-electron chi connectivity index (χ2n) is 30.5. The van der Waals surface area contributed by atoms with Crippen LogP contribution in [0.5, 0.6) is 5.88 Å². The SMILES string of the molecule is CCN(CC)C1CCN(c2ccc(Nc3ncc4c5cc[nH]c(=O)c5n(C5CCCC5)c4n3)nn2)CC1.CCN(CC)C1CCN(c2ccc(Nc3ncc4c5ccnc(F)c5n(C5CCCC5)c4n3)nn2)CC1.CCN(CC)C1CCN(c2ccc(Nc3ncc4c5ccnc(OC)c5n(C5CCCC5)c4n3)nn2)CC1. The van der Waals surface area contributed by atoms with Gasteiger partial charge in [0.25, 0.3) is 5.56 Å². The van der Waals surface area contributed by atoms with Crippen LogP contribution in [0.25, 0.3) is 65.8 Å². The van der Waals surface area contributed by atoms with Crippen LogP contribution in [-0.4, -0.2) is 208 Å². The number of piperidine rings is 3. The Balaban J connectivity index is 0.000000127. The van der Waals surface area contributed by atoms with Crippen LogP contribution in [0.1, 0.15) is 175 Å². The Hall–Kier alpha value is -10.5. The van der Waals surface area contributed by atoms with E-state index in [1.807, 2.05) is 65.4 Å². The number of hydrogen-bond donors (Lipinski definition) is 4. The lowest BCUT2D eigenvalue weighted by atomic mass is 10.0. The van der Waals surface area contributed by atoms with Gasteiger partial charge in [-0.25, -0.2) is 24.9 Å². The van der Waals surface area contributed by atoms with Crippen molar-refractivity contribution in [2.24, 2.45) is 0 Å². The highest BCUT2D eigenvalue weighted by molar-refractivity contribution is 6.09. The first-order valence-electron chi connectivity index (χ1n) is 41.2. The van der Waals surface area contributed by atoms with Crippen molar-refractivity contribution in [2.75, 3.05) is 116 Å². The van der Waals surface area contributed by atoms with Gasteiger partial charge in [0.2, 0.25) is 29.7 Å². The number of fused-ring (bicyclic) bond motifs is 9. The molecule has 0 spiro atoms. The van der Waals surface area contributed by atoms with E-state index in [4.69, 9.17) is 19.7 Å². The number of anilines is 9. The van der Waals surface area contributed by atoms with E-state index in [1.165, 1.54) is 31.9 Å². The van der Waals surface area contributed by atoms with Crippen molar-refractivity contribution in [1.82, 2.24) is 104 Å². The van der Waals surface area contributed by atoms with Crippen LogP contribution in [0.2, 0.25) is 0 Å². The maximum absolute atomic E-state index is 14.9. The van der Waals surface area contributed by atoms with E-state index in [9.17, 15) is 9.18 Å². The molecular weight excluding hydrogens is 1410 g/mol. The molecule has 4 N–H and O–H groups in total. The summed E-state index contributed by atoms with van der Waals surface area (Å²) in [6, 6.07) is 20.5. The van der Waals surface area contributed by atoms with Gasteiger partial charge in [0.1, 0.15) is 33.5 Å². The zero-order chi connectivity index (χ0) is 76.8. The van der Waals surface area contributed by atoms with Gasteiger partial charge in [-0.2, -0.15) is 19.3 Å². The molecule has 29 nitrogen and oxygen atoms in total. The predicted molar refractivity (Wildman–Crippen MR) is 441 cm³/mol. The van der Waals surface area contributed by atoms with E-state index >= 15 is 0 Å². The smallest absolute Gasteiger partial charge is 0.272 e. The van der Waals surface area contributed by atoms with E-state index in [2.05, 4.69) is 157 Å². The summed E-state index contributed by atoms with van der Waals surface area (Å²) >= 11 is 0. The van der Waals surface area contributed by atoms with Crippen molar-refractivity contribution in [3.63, 3.8) is 0 Å². The van der Waals surface area contributed by atoms with E-state index in [1.54, 1.807) is 31.9 Å². The third kappa shape index (κ3) is 15.5. The lowest BCUT2D eigenvalue weighted by molar-refractivity contribution is 0.186. The minimum Gasteiger partial charge on any atom is -0.479 e. The number of methoxy groups -OCH3 is 1. The predicted octanol–water partition coefficient (Wildman–Crippen LogP) is 14.3. The summed E-state index contributed by atoms with van der Waals surface area (Å²) in [7, 11) is 1.67. The van der Waals surface area contributed by atoms with E-state index in [0.717, 1.165) is 241 Å². The Kier molecular flexibility index (Phi) is 23.1. The number of pyridine rings is 3. The van der Waals surface area contributed by atoms with Crippen LogP contribution in [-0.2, 0) is 0 Å². The van der Waals surface area contributed by atoms with E-state index in [-0.39, 0.29) is 17.6 Å². The molecule has 12 aromatic rings. The molecule has 30 heteroatoms. The summed E-state index contributed by atoms with van der Waals surface area (Å²) < 4.78 is 27.0. The first kappa shape index (κ1) is 75.6. The molecule has 15 heterocycles. The van der Waals surface area contributed by atoms with Gasteiger partial charge in [-0.15, -0.1) is 30.6 Å². The summed E-state index contributed by atoms with van der Waals surface area (Å²) in [4.78, 5) is 66.9. The molecule has 0 radical (unpaired) electrons. The van der Waals surface area contributed by atoms with Crippen LogP contribution in [0.3, 0.4) is 0 Å². The quantitative estimate of drug-likeness (QED) is 0.0458. The van der Waals surface area contributed by atoms with Crippen molar-refractivity contribution in [1.29, 1.82) is 0 Å². The molecule has 0 atom stereocenters. The molecule has 0 amide bonds. The third-order valence-electron chi connectivity index (χ3n) is 24.6. The molecule has 6 fully saturated rings. The maximum atomic E-state index is 14.9. The second-order valence-corrected chi connectivity index (χ2v) is 30.5. The van der Waals surface area contributed by atoms with Gasteiger partial charge in [-0.1, -0.05) is 80.1 Å². The Labute approximate surface area is 652 Å². The van der Waals surface area contributed by atoms with Gasteiger partial charge in [0.05, 0.1) is 7.11 Å². The number of hydrogen-bond acceptors (Lipinski definition) is 25. The van der Waals surface area contributed by atoms with Crippen molar-refractivity contribution >= 4 is 119 Å². The summed E-state index contributed by atoms with van der Waals surface area (Å²) in [6.45, 7) is 26.0.